The van der Waals surface area contributed by atoms with E-state index >= 15 is 0 Å². The van der Waals surface area contributed by atoms with Crippen LogP contribution in [0.1, 0.15) is 23.2 Å². The number of benzene rings is 1. The first kappa shape index (κ1) is 13.0. The molecule has 1 aromatic carbocycles. The summed E-state index contributed by atoms with van der Waals surface area (Å²) in [6, 6.07) is 5.29. The minimum absolute atomic E-state index is 0.0963. The Labute approximate surface area is 116 Å². The van der Waals surface area contributed by atoms with E-state index in [1.807, 2.05) is 7.05 Å². The first-order chi connectivity index (χ1) is 9.74. The van der Waals surface area contributed by atoms with Crippen LogP contribution in [0.2, 0.25) is 0 Å². The number of carbonyl (C=O) groups excluding carboxylic acids is 1. The Kier molecular flexibility index (Phi) is 3.62. The molecule has 1 fully saturated rings. The van der Waals surface area contributed by atoms with E-state index in [2.05, 4.69) is 30.7 Å². The molecule has 0 spiro atoms. The highest BCUT2D eigenvalue weighted by atomic mass is 16.1. The van der Waals surface area contributed by atoms with E-state index in [1.54, 1.807) is 18.2 Å². The van der Waals surface area contributed by atoms with Crippen molar-refractivity contribution in [2.75, 3.05) is 26.8 Å². The van der Waals surface area contributed by atoms with Gasteiger partial charge in [-0.3, -0.25) is 4.79 Å². The van der Waals surface area contributed by atoms with Crippen LogP contribution in [-0.2, 0) is 0 Å². The van der Waals surface area contributed by atoms with E-state index in [9.17, 15) is 4.79 Å². The molecule has 7 heteroatoms. The second-order valence-electron chi connectivity index (χ2n) is 5.01. The smallest absolute Gasteiger partial charge is 0.252 e. The van der Waals surface area contributed by atoms with Gasteiger partial charge in [0.2, 0.25) is 0 Å². The number of aromatic nitrogens is 3. The van der Waals surface area contributed by atoms with E-state index in [4.69, 9.17) is 0 Å². The van der Waals surface area contributed by atoms with Gasteiger partial charge in [-0.05, 0) is 31.0 Å². The quantitative estimate of drug-likeness (QED) is 0.798. The number of H-pyrrole nitrogens is 1. The molecule has 0 aliphatic carbocycles. The van der Waals surface area contributed by atoms with Gasteiger partial charge in [-0.25, -0.2) is 10.0 Å². The minimum atomic E-state index is -0.0963. The maximum absolute atomic E-state index is 12.1. The fourth-order valence-corrected chi connectivity index (χ4v) is 2.41. The predicted octanol–water partition coefficient (Wildman–Crippen LogP) is 0.588. The predicted molar refractivity (Wildman–Crippen MR) is 74.8 cm³/mol. The lowest BCUT2D eigenvalue weighted by Crippen LogP contribution is -2.44. The van der Waals surface area contributed by atoms with Crippen molar-refractivity contribution in [3.8, 4) is 0 Å². The monoisotopic (exact) mass is 274 g/mol. The second-order valence-corrected chi connectivity index (χ2v) is 5.01. The largest absolute Gasteiger partial charge is 0.338 e. The summed E-state index contributed by atoms with van der Waals surface area (Å²) in [6.45, 7) is 2.64. The van der Waals surface area contributed by atoms with Crippen molar-refractivity contribution in [2.45, 2.75) is 12.8 Å². The number of hydrogen-bond donors (Lipinski definition) is 2. The lowest BCUT2D eigenvalue weighted by molar-refractivity contribution is 0.0169. The Morgan fingerprint density at radius 3 is 2.90 bits per heavy atom. The third-order valence-corrected chi connectivity index (χ3v) is 3.61. The highest BCUT2D eigenvalue weighted by molar-refractivity contribution is 5.97. The number of nitrogens with one attached hydrogen (secondary N) is 2. The second kappa shape index (κ2) is 5.56. The number of hydrazine groups is 1. The van der Waals surface area contributed by atoms with Gasteiger partial charge in [-0.2, -0.15) is 15.4 Å². The van der Waals surface area contributed by atoms with Crippen LogP contribution in [0.5, 0.6) is 0 Å². The molecule has 1 amide bonds. The lowest BCUT2D eigenvalue weighted by Gasteiger charge is -2.27. The minimum Gasteiger partial charge on any atom is -0.338 e. The Hall–Kier alpha value is -1.99. The van der Waals surface area contributed by atoms with Gasteiger partial charge in [-0.15, -0.1) is 0 Å². The van der Waals surface area contributed by atoms with E-state index in [1.165, 1.54) is 12.8 Å². The van der Waals surface area contributed by atoms with E-state index < -0.39 is 0 Å². The summed E-state index contributed by atoms with van der Waals surface area (Å²) in [7, 11) is 1.99. The molecule has 106 valence electrons. The average Bonchev–Trinajstić information content (AvgIpc) is 3.13. The van der Waals surface area contributed by atoms with Crippen molar-refractivity contribution in [1.82, 2.24) is 30.7 Å². The van der Waals surface area contributed by atoms with Crippen LogP contribution >= 0.6 is 0 Å². The Balaban J connectivity index is 1.60. The molecule has 1 aliphatic rings. The number of amides is 1. The first-order valence-electron chi connectivity index (χ1n) is 6.79. The van der Waals surface area contributed by atoms with Gasteiger partial charge in [-0.1, -0.05) is 0 Å². The van der Waals surface area contributed by atoms with Gasteiger partial charge < -0.3 is 5.32 Å². The standard InChI is InChI=1S/C13H18N6O/c1-18(19-6-2-3-7-19)9-14-13(20)10-4-5-11-12(8-10)16-17-15-11/h4-5,8H,2-3,6-7,9H2,1H3,(H,14,20)(H,15,16,17). The molecule has 0 bridgehead atoms. The molecule has 0 atom stereocenters. The summed E-state index contributed by atoms with van der Waals surface area (Å²) in [5, 5.41) is 17.7. The van der Waals surface area contributed by atoms with Crippen molar-refractivity contribution in [3.05, 3.63) is 23.8 Å². The van der Waals surface area contributed by atoms with Gasteiger partial charge in [0.1, 0.15) is 11.0 Å². The molecule has 0 saturated carbocycles. The lowest BCUT2D eigenvalue weighted by atomic mass is 10.2. The summed E-state index contributed by atoms with van der Waals surface area (Å²) in [4.78, 5) is 12.1. The number of fused-ring (bicyclic) bond motifs is 1. The summed E-state index contributed by atoms with van der Waals surface area (Å²) in [6.07, 6.45) is 2.45. The van der Waals surface area contributed by atoms with Gasteiger partial charge in [0.25, 0.3) is 5.91 Å². The van der Waals surface area contributed by atoms with E-state index in [0.29, 0.717) is 17.7 Å². The molecular formula is C13H18N6O. The van der Waals surface area contributed by atoms with Crippen LogP contribution in [0.25, 0.3) is 11.0 Å². The summed E-state index contributed by atoms with van der Waals surface area (Å²) in [5.74, 6) is -0.0963. The van der Waals surface area contributed by atoms with Crippen LogP contribution in [0.15, 0.2) is 18.2 Å². The van der Waals surface area contributed by atoms with E-state index in [0.717, 1.165) is 18.6 Å². The topological polar surface area (TPSA) is 77.1 Å². The summed E-state index contributed by atoms with van der Waals surface area (Å²) < 4.78 is 0. The van der Waals surface area contributed by atoms with Crippen LogP contribution < -0.4 is 5.32 Å². The number of hydrogen-bond acceptors (Lipinski definition) is 5. The molecule has 3 rings (SSSR count). The van der Waals surface area contributed by atoms with Crippen molar-refractivity contribution < 1.29 is 4.79 Å². The molecule has 0 unspecified atom stereocenters. The Morgan fingerprint density at radius 1 is 1.35 bits per heavy atom. The first-order valence-corrected chi connectivity index (χ1v) is 6.79. The number of aromatic amines is 1. The summed E-state index contributed by atoms with van der Waals surface area (Å²) >= 11 is 0. The van der Waals surface area contributed by atoms with Gasteiger partial charge in [0.05, 0.1) is 6.67 Å². The van der Waals surface area contributed by atoms with Crippen LogP contribution in [0, 0.1) is 0 Å². The summed E-state index contributed by atoms with van der Waals surface area (Å²) in [5.41, 5.74) is 2.06. The van der Waals surface area contributed by atoms with Crippen LogP contribution in [0.4, 0.5) is 0 Å². The highest BCUT2D eigenvalue weighted by Gasteiger charge is 2.16. The van der Waals surface area contributed by atoms with Crippen LogP contribution in [-0.4, -0.2) is 58.1 Å². The van der Waals surface area contributed by atoms with Gasteiger partial charge in [0, 0.05) is 25.7 Å². The SMILES string of the molecule is CN(CNC(=O)c1ccc2n[nH]nc2c1)N1CCCC1. The fourth-order valence-electron chi connectivity index (χ4n) is 2.41. The van der Waals surface area contributed by atoms with Crippen molar-refractivity contribution in [1.29, 1.82) is 0 Å². The third kappa shape index (κ3) is 2.63. The number of rotatable bonds is 4. The molecule has 2 N–H and O–H groups in total. The average molecular weight is 274 g/mol. The number of carbonyl (C=O) groups is 1. The highest BCUT2D eigenvalue weighted by Crippen LogP contribution is 2.11. The molecule has 20 heavy (non-hydrogen) atoms. The third-order valence-electron chi connectivity index (χ3n) is 3.61. The van der Waals surface area contributed by atoms with Gasteiger partial charge >= 0.3 is 0 Å². The normalized spacial score (nSPS) is 16.1. The Morgan fingerprint density at radius 2 is 2.10 bits per heavy atom. The molecule has 7 nitrogen and oxygen atoms in total. The molecule has 0 radical (unpaired) electrons. The molecule has 1 aromatic heterocycles. The Bertz CT molecular complexity index is 604. The molecule has 1 saturated heterocycles. The van der Waals surface area contributed by atoms with Crippen LogP contribution in [0.3, 0.4) is 0 Å². The van der Waals surface area contributed by atoms with Crippen molar-refractivity contribution in [2.24, 2.45) is 0 Å². The molecule has 1 aliphatic heterocycles. The van der Waals surface area contributed by atoms with Crippen molar-refractivity contribution >= 4 is 16.9 Å². The van der Waals surface area contributed by atoms with Crippen molar-refractivity contribution in [3.63, 3.8) is 0 Å². The molecular weight excluding hydrogens is 256 g/mol. The zero-order chi connectivity index (χ0) is 13.9. The zero-order valence-electron chi connectivity index (χ0n) is 11.5. The fraction of sp³-hybridized carbons (Fsp3) is 0.462. The number of nitrogens with zero attached hydrogens (tertiary/aromatic N) is 4. The van der Waals surface area contributed by atoms with Gasteiger partial charge in [0.15, 0.2) is 0 Å². The molecule has 2 heterocycles. The maximum Gasteiger partial charge on any atom is 0.252 e. The van der Waals surface area contributed by atoms with E-state index in [-0.39, 0.29) is 5.91 Å². The maximum atomic E-state index is 12.1. The molecule has 2 aromatic rings. The zero-order valence-corrected chi connectivity index (χ0v) is 11.5.